The molecule has 190 valence electrons. The van der Waals surface area contributed by atoms with Gasteiger partial charge in [-0.25, -0.2) is 9.71 Å². The van der Waals surface area contributed by atoms with Gasteiger partial charge in [-0.2, -0.15) is 8.42 Å². The number of nitrogens with two attached hydrogens (primary N) is 1. The molecule has 4 N–H and O–H groups in total. The van der Waals surface area contributed by atoms with Crippen LogP contribution in [0.25, 0.3) is 10.6 Å². The Balaban J connectivity index is 1.63. The zero-order valence-corrected chi connectivity index (χ0v) is 21.5. The van der Waals surface area contributed by atoms with E-state index in [9.17, 15) is 22.8 Å². The molecule has 1 aromatic heterocycles. The van der Waals surface area contributed by atoms with Gasteiger partial charge in [0.25, 0.3) is 15.9 Å². The summed E-state index contributed by atoms with van der Waals surface area (Å²) in [4.78, 5) is 40.6. The molecule has 3 rings (SSSR count). The van der Waals surface area contributed by atoms with Gasteiger partial charge in [-0.1, -0.05) is 54.1 Å². The first-order valence-corrected chi connectivity index (χ1v) is 13.8. The van der Waals surface area contributed by atoms with Crippen LogP contribution in [0.15, 0.2) is 65.0 Å². The molecule has 1 unspecified atom stereocenters. The number of benzene rings is 2. The Labute approximate surface area is 218 Å². The van der Waals surface area contributed by atoms with Crippen LogP contribution in [0.1, 0.15) is 31.2 Å². The van der Waals surface area contributed by atoms with Crippen LogP contribution in [0, 0.1) is 0 Å². The third-order valence-electron chi connectivity index (χ3n) is 5.13. The van der Waals surface area contributed by atoms with Gasteiger partial charge in [0.05, 0.1) is 0 Å². The molecule has 0 saturated carbocycles. The van der Waals surface area contributed by atoms with E-state index in [1.807, 2.05) is 35.1 Å². The van der Waals surface area contributed by atoms with Crippen LogP contribution in [0.2, 0.25) is 5.02 Å². The molecule has 0 aliphatic heterocycles. The van der Waals surface area contributed by atoms with E-state index in [-0.39, 0.29) is 24.3 Å². The summed E-state index contributed by atoms with van der Waals surface area (Å²) in [7, 11) is -4.32. The summed E-state index contributed by atoms with van der Waals surface area (Å²) in [5, 5.41) is 4.44. The van der Waals surface area contributed by atoms with Crippen molar-refractivity contribution in [3.8, 4) is 10.6 Å². The largest absolute Gasteiger partial charge is 0.370 e. The Morgan fingerprint density at radius 2 is 1.72 bits per heavy atom. The lowest BCUT2D eigenvalue weighted by molar-refractivity contribution is -0.128. The van der Waals surface area contributed by atoms with Crippen LogP contribution >= 0.6 is 22.9 Å². The minimum Gasteiger partial charge on any atom is -0.370 e. The predicted octanol–water partition coefficient (Wildman–Crippen LogP) is 3.04. The Hall–Kier alpha value is -3.28. The van der Waals surface area contributed by atoms with Gasteiger partial charge in [0.15, 0.2) is 5.03 Å². The van der Waals surface area contributed by atoms with Crippen LogP contribution < -0.4 is 15.8 Å². The predicted molar refractivity (Wildman–Crippen MR) is 138 cm³/mol. The third kappa shape index (κ3) is 8.14. The summed E-state index contributed by atoms with van der Waals surface area (Å²) in [6, 6.07) is 15.0. The first-order valence-electron chi connectivity index (χ1n) is 11.0. The number of sulfonamides is 1. The van der Waals surface area contributed by atoms with Crippen LogP contribution in [-0.2, 0) is 30.8 Å². The van der Waals surface area contributed by atoms with Crippen LogP contribution in [-0.4, -0.2) is 37.2 Å². The number of carbonyl (C=O) groups excluding carboxylic acids is 3. The van der Waals surface area contributed by atoms with E-state index in [2.05, 4.69) is 10.3 Å². The maximum atomic E-state index is 12.8. The fourth-order valence-corrected chi connectivity index (χ4v) is 5.53. The molecule has 9 nitrogen and oxygen atoms in total. The minimum atomic E-state index is -4.32. The number of primary amides is 1. The van der Waals surface area contributed by atoms with E-state index >= 15 is 0 Å². The molecule has 12 heteroatoms. The fourth-order valence-electron chi connectivity index (χ4n) is 3.28. The van der Waals surface area contributed by atoms with Gasteiger partial charge in [0.1, 0.15) is 11.0 Å². The van der Waals surface area contributed by atoms with Crippen LogP contribution in [0.5, 0.6) is 0 Å². The highest BCUT2D eigenvalue weighted by Gasteiger charge is 2.28. The second-order valence-electron chi connectivity index (χ2n) is 7.93. The van der Waals surface area contributed by atoms with Gasteiger partial charge in [0, 0.05) is 28.8 Å². The first-order chi connectivity index (χ1) is 17.1. The van der Waals surface area contributed by atoms with Crippen molar-refractivity contribution in [1.82, 2.24) is 15.0 Å². The minimum absolute atomic E-state index is 0.124. The number of rotatable bonds is 12. The molecule has 0 aliphatic carbocycles. The lowest BCUT2D eigenvalue weighted by Gasteiger charge is -2.17. The molecule has 2 aromatic carbocycles. The standard InChI is InChI=1S/C24H25ClN4O5S2/c25-18-11-9-17(10-12-18)24-28-22(15-35-24)36(33,34)29-23(32)19(13-14-20(26)30)27-21(31)8-4-7-16-5-2-1-3-6-16/h1-3,5-6,9-12,15,19H,4,7-8,13-14H2,(H2,26,30)(H,27,31)(H,29,32). The molecule has 1 heterocycles. The maximum Gasteiger partial charge on any atom is 0.282 e. The lowest BCUT2D eigenvalue weighted by Crippen LogP contribution is -2.48. The Morgan fingerprint density at radius 1 is 1.03 bits per heavy atom. The highest BCUT2D eigenvalue weighted by molar-refractivity contribution is 7.90. The molecule has 3 aromatic rings. The van der Waals surface area contributed by atoms with E-state index in [1.54, 1.807) is 24.3 Å². The van der Waals surface area contributed by atoms with Gasteiger partial charge < -0.3 is 11.1 Å². The summed E-state index contributed by atoms with van der Waals surface area (Å²) >= 11 is 6.97. The fraction of sp³-hybridized carbons (Fsp3) is 0.250. The molecule has 36 heavy (non-hydrogen) atoms. The van der Waals surface area contributed by atoms with Crippen molar-refractivity contribution in [2.45, 2.75) is 43.2 Å². The van der Waals surface area contributed by atoms with Crippen molar-refractivity contribution in [3.05, 3.63) is 70.6 Å². The molecular formula is C24H25ClN4O5S2. The first kappa shape index (κ1) is 27.3. The number of nitrogens with one attached hydrogen (secondary N) is 2. The van der Waals surface area contributed by atoms with Gasteiger partial charge in [-0.3, -0.25) is 14.4 Å². The molecular weight excluding hydrogens is 524 g/mol. The Morgan fingerprint density at radius 3 is 2.39 bits per heavy atom. The molecule has 3 amide bonds. The highest BCUT2D eigenvalue weighted by atomic mass is 35.5. The highest BCUT2D eigenvalue weighted by Crippen LogP contribution is 2.26. The Kier molecular flexibility index (Phi) is 9.57. The summed E-state index contributed by atoms with van der Waals surface area (Å²) < 4.78 is 27.5. The number of amides is 3. The van der Waals surface area contributed by atoms with Crippen molar-refractivity contribution in [1.29, 1.82) is 0 Å². The lowest BCUT2D eigenvalue weighted by atomic mass is 10.1. The topological polar surface area (TPSA) is 148 Å². The molecule has 0 spiro atoms. The number of hydrogen-bond acceptors (Lipinski definition) is 7. The summed E-state index contributed by atoms with van der Waals surface area (Å²) in [5.74, 6) is -2.10. The maximum absolute atomic E-state index is 12.8. The number of nitrogens with zero attached hydrogens (tertiary/aromatic N) is 1. The zero-order valence-electron chi connectivity index (χ0n) is 19.1. The second-order valence-corrected chi connectivity index (χ2v) is 10.9. The van der Waals surface area contributed by atoms with Crippen molar-refractivity contribution in [3.63, 3.8) is 0 Å². The van der Waals surface area contributed by atoms with E-state index < -0.39 is 33.8 Å². The molecule has 0 radical (unpaired) electrons. The molecule has 1 atom stereocenters. The number of carbonyl (C=O) groups is 3. The summed E-state index contributed by atoms with van der Waals surface area (Å²) in [5.41, 5.74) is 6.92. The quantitative estimate of drug-likeness (QED) is 0.317. The molecule has 0 aliphatic rings. The van der Waals surface area contributed by atoms with E-state index in [0.29, 0.717) is 28.4 Å². The summed E-state index contributed by atoms with van der Waals surface area (Å²) in [6.45, 7) is 0. The van der Waals surface area contributed by atoms with Gasteiger partial charge >= 0.3 is 0 Å². The third-order valence-corrected chi connectivity index (χ3v) is 7.65. The van der Waals surface area contributed by atoms with Crippen molar-refractivity contribution in [2.24, 2.45) is 5.73 Å². The van der Waals surface area contributed by atoms with Gasteiger partial charge in [0.2, 0.25) is 11.8 Å². The van der Waals surface area contributed by atoms with Crippen molar-refractivity contribution in [2.75, 3.05) is 0 Å². The number of thiazole rings is 1. The Bertz CT molecular complexity index is 1310. The summed E-state index contributed by atoms with van der Waals surface area (Å²) in [6.07, 6.45) is 0.970. The number of aromatic nitrogens is 1. The van der Waals surface area contributed by atoms with Crippen LogP contribution in [0.3, 0.4) is 0 Å². The molecule has 0 fully saturated rings. The smallest absolute Gasteiger partial charge is 0.282 e. The number of aryl methyl sites for hydroxylation is 1. The zero-order chi connectivity index (χ0) is 26.1. The van der Waals surface area contributed by atoms with Gasteiger partial charge in [-0.15, -0.1) is 11.3 Å². The average molecular weight is 549 g/mol. The van der Waals surface area contributed by atoms with E-state index in [1.165, 1.54) is 5.38 Å². The van der Waals surface area contributed by atoms with Gasteiger partial charge in [-0.05, 0) is 37.0 Å². The molecule has 0 saturated heterocycles. The second kappa shape index (κ2) is 12.6. The average Bonchev–Trinajstić information content (AvgIpc) is 3.34. The van der Waals surface area contributed by atoms with E-state index in [4.69, 9.17) is 17.3 Å². The number of hydrogen-bond donors (Lipinski definition) is 3. The van der Waals surface area contributed by atoms with Crippen molar-refractivity contribution >= 4 is 50.7 Å². The normalized spacial score (nSPS) is 12.0. The number of halogens is 1. The van der Waals surface area contributed by atoms with Crippen LogP contribution in [0.4, 0.5) is 0 Å². The van der Waals surface area contributed by atoms with E-state index in [0.717, 1.165) is 16.9 Å². The SMILES string of the molecule is NC(=O)CCC(NC(=O)CCCc1ccccc1)C(=O)NS(=O)(=O)c1csc(-c2ccc(Cl)cc2)n1. The molecule has 0 bridgehead atoms. The van der Waals surface area contributed by atoms with Crippen molar-refractivity contribution < 1.29 is 22.8 Å². The monoisotopic (exact) mass is 548 g/mol.